The average molecular weight is 311 g/mol. The van der Waals surface area contributed by atoms with E-state index in [0.29, 0.717) is 0 Å². The SMILES string of the molecule is C[CH]C(=O)O[Si](c1ccccc1)(c1ccccc1)C(C)(C)C. The molecular formula is C19H23O2Si. The number of hydrogen-bond acceptors (Lipinski definition) is 2. The summed E-state index contributed by atoms with van der Waals surface area (Å²) in [5.74, 6) is -0.255. The molecule has 0 unspecified atom stereocenters. The lowest BCUT2D eigenvalue weighted by atomic mass is 10.2. The van der Waals surface area contributed by atoms with Crippen molar-refractivity contribution in [3.63, 3.8) is 0 Å². The monoisotopic (exact) mass is 311 g/mol. The summed E-state index contributed by atoms with van der Waals surface area (Å²) in [6.45, 7) is 8.19. The maximum absolute atomic E-state index is 12.2. The van der Waals surface area contributed by atoms with E-state index in [-0.39, 0.29) is 11.0 Å². The third kappa shape index (κ3) is 3.00. The molecule has 3 heteroatoms. The van der Waals surface area contributed by atoms with E-state index in [2.05, 4.69) is 45.0 Å². The van der Waals surface area contributed by atoms with Gasteiger partial charge in [-0.15, -0.1) is 0 Å². The van der Waals surface area contributed by atoms with Gasteiger partial charge in [0.15, 0.2) is 0 Å². The van der Waals surface area contributed by atoms with Crippen molar-refractivity contribution in [1.29, 1.82) is 0 Å². The summed E-state index contributed by atoms with van der Waals surface area (Å²) in [5, 5.41) is 2.06. The average Bonchev–Trinajstić information content (AvgIpc) is 2.52. The summed E-state index contributed by atoms with van der Waals surface area (Å²) in [6.07, 6.45) is 1.50. The Hall–Kier alpha value is -1.87. The third-order valence-corrected chi connectivity index (χ3v) is 8.82. The predicted octanol–water partition coefficient (Wildman–Crippen LogP) is 3.31. The summed E-state index contributed by atoms with van der Waals surface area (Å²) in [4.78, 5) is 12.2. The molecule has 2 nitrogen and oxygen atoms in total. The molecular weight excluding hydrogens is 288 g/mol. The van der Waals surface area contributed by atoms with Crippen LogP contribution < -0.4 is 10.4 Å². The van der Waals surface area contributed by atoms with E-state index in [1.54, 1.807) is 6.92 Å². The largest absolute Gasteiger partial charge is 0.509 e. The summed E-state index contributed by atoms with van der Waals surface area (Å²) in [6, 6.07) is 20.3. The molecule has 0 saturated carbocycles. The lowest BCUT2D eigenvalue weighted by Crippen LogP contribution is -2.67. The van der Waals surface area contributed by atoms with Gasteiger partial charge in [-0.3, -0.25) is 4.79 Å². The highest BCUT2D eigenvalue weighted by molar-refractivity contribution is 7.00. The molecule has 0 heterocycles. The van der Waals surface area contributed by atoms with Crippen molar-refractivity contribution in [2.75, 3.05) is 0 Å². The quantitative estimate of drug-likeness (QED) is 0.810. The number of benzene rings is 2. The minimum atomic E-state index is -2.71. The molecule has 0 atom stereocenters. The molecule has 0 aliphatic carbocycles. The Kier molecular flexibility index (Phi) is 4.86. The minimum Gasteiger partial charge on any atom is -0.509 e. The highest BCUT2D eigenvalue weighted by Gasteiger charge is 2.52. The van der Waals surface area contributed by atoms with Crippen LogP contribution in [-0.4, -0.2) is 14.3 Å². The Morgan fingerprint density at radius 3 is 1.64 bits per heavy atom. The molecule has 2 aromatic carbocycles. The van der Waals surface area contributed by atoms with Crippen LogP contribution in [0.1, 0.15) is 27.7 Å². The number of carbonyl (C=O) groups excluding carboxylic acids is 1. The van der Waals surface area contributed by atoms with E-state index < -0.39 is 8.32 Å². The van der Waals surface area contributed by atoms with Crippen LogP contribution in [0.2, 0.25) is 5.04 Å². The van der Waals surface area contributed by atoms with Crippen molar-refractivity contribution in [3.8, 4) is 0 Å². The first-order chi connectivity index (χ1) is 10.4. The number of rotatable bonds is 4. The molecule has 2 rings (SSSR count). The lowest BCUT2D eigenvalue weighted by Gasteiger charge is -2.42. The van der Waals surface area contributed by atoms with Crippen LogP contribution in [0, 0.1) is 6.42 Å². The first kappa shape index (κ1) is 16.5. The fraction of sp³-hybridized carbons (Fsp3) is 0.263. The van der Waals surface area contributed by atoms with Crippen molar-refractivity contribution in [2.24, 2.45) is 0 Å². The molecule has 2 aromatic rings. The smallest absolute Gasteiger partial charge is 0.323 e. The molecule has 0 aliphatic rings. The lowest BCUT2D eigenvalue weighted by molar-refractivity contribution is -0.131. The predicted molar refractivity (Wildman–Crippen MR) is 93.7 cm³/mol. The fourth-order valence-corrected chi connectivity index (χ4v) is 7.21. The van der Waals surface area contributed by atoms with Crippen molar-refractivity contribution < 1.29 is 9.22 Å². The van der Waals surface area contributed by atoms with Gasteiger partial charge in [0.1, 0.15) is 0 Å². The van der Waals surface area contributed by atoms with Gasteiger partial charge < -0.3 is 4.43 Å². The van der Waals surface area contributed by atoms with Gasteiger partial charge in [-0.05, 0) is 15.4 Å². The van der Waals surface area contributed by atoms with Crippen LogP contribution in [0.25, 0.3) is 0 Å². The van der Waals surface area contributed by atoms with Crippen molar-refractivity contribution in [3.05, 3.63) is 67.1 Å². The third-order valence-electron chi connectivity index (χ3n) is 3.91. The molecule has 0 aromatic heterocycles. The van der Waals surface area contributed by atoms with E-state index in [1.165, 1.54) is 6.42 Å². The first-order valence-corrected chi connectivity index (χ1v) is 9.46. The van der Waals surface area contributed by atoms with Crippen LogP contribution in [0.4, 0.5) is 0 Å². The summed E-state index contributed by atoms with van der Waals surface area (Å²) in [5.41, 5.74) is 0. The zero-order chi connectivity index (χ0) is 16.2. The second-order valence-corrected chi connectivity index (χ2v) is 10.6. The van der Waals surface area contributed by atoms with Gasteiger partial charge in [0.05, 0.1) is 6.42 Å². The Bertz CT molecular complexity index is 575. The van der Waals surface area contributed by atoms with E-state index in [9.17, 15) is 4.79 Å². The van der Waals surface area contributed by atoms with Gasteiger partial charge in [-0.2, -0.15) is 0 Å². The molecule has 1 radical (unpaired) electrons. The van der Waals surface area contributed by atoms with Crippen LogP contribution >= 0.6 is 0 Å². The van der Waals surface area contributed by atoms with Crippen molar-refractivity contribution >= 4 is 24.7 Å². The molecule has 22 heavy (non-hydrogen) atoms. The highest BCUT2D eigenvalue weighted by atomic mass is 28.4. The zero-order valence-corrected chi connectivity index (χ0v) is 14.7. The van der Waals surface area contributed by atoms with E-state index in [4.69, 9.17) is 4.43 Å². The Labute approximate surface area is 134 Å². The maximum atomic E-state index is 12.2. The Morgan fingerprint density at radius 2 is 1.32 bits per heavy atom. The van der Waals surface area contributed by atoms with Crippen LogP contribution in [0.5, 0.6) is 0 Å². The van der Waals surface area contributed by atoms with Gasteiger partial charge in [0.25, 0.3) is 5.97 Å². The van der Waals surface area contributed by atoms with Gasteiger partial charge >= 0.3 is 8.32 Å². The molecule has 0 amide bonds. The number of carbonyl (C=O) groups is 1. The normalized spacial score (nSPS) is 12.0. The molecule has 0 spiro atoms. The topological polar surface area (TPSA) is 26.3 Å². The minimum absolute atomic E-state index is 0.172. The van der Waals surface area contributed by atoms with E-state index in [0.717, 1.165) is 10.4 Å². The zero-order valence-electron chi connectivity index (χ0n) is 13.7. The van der Waals surface area contributed by atoms with Crippen molar-refractivity contribution in [1.82, 2.24) is 0 Å². The first-order valence-electron chi connectivity index (χ1n) is 7.55. The summed E-state index contributed by atoms with van der Waals surface area (Å²) in [7, 11) is -2.71. The second kappa shape index (κ2) is 6.49. The van der Waals surface area contributed by atoms with Gasteiger partial charge in [0.2, 0.25) is 0 Å². The van der Waals surface area contributed by atoms with Crippen molar-refractivity contribution in [2.45, 2.75) is 32.7 Å². The summed E-state index contributed by atoms with van der Waals surface area (Å²) >= 11 is 0. The fourth-order valence-electron chi connectivity index (χ4n) is 2.86. The highest BCUT2D eigenvalue weighted by Crippen LogP contribution is 2.36. The van der Waals surface area contributed by atoms with Crippen LogP contribution in [0.15, 0.2) is 60.7 Å². The maximum Gasteiger partial charge on any atom is 0.323 e. The van der Waals surface area contributed by atoms with Gasteiger partial charge in [-0.25, -0.2) is 0 Å². The molecule has 0 fully saturated rings. The molecule has 0 saturated heterocycles. The molecule has 115 valence electrons. The van der Waals surface area contributed by atoms with E-state index >= 15 is 0 Å². The Balaban J connectivity index is 2.73. The van der Waals surface area contributed by atoms with Crippen LogP contribution in [-0.2, 0) is 9.22 Å². The summed E-state index contributed by atoms with van der Waals surface area (Å²) < 4.78 is 6.17. The molecule has 0 bridgehead atoms. The molecule has 0 N–H and O–H groups in total. The van der Waals surface area contributed by atoms with E-state index in [1.807, 2.05) is 36.4 Å². The van der Waals surface area contributed by atoms with Crippen LogP contribution in [0.3, 0.4) is 0 Å². The second-order valence-electron chi connectivity index (χ2n) is 6.37. The molecule has 0 aliphatic heterocycles. The van der Waals surface area contributed by atoms with Gasteiger partial charge in [0, 0.05) is 0 Å². The standard InChI is InChI=1S/C19H23O2Si/c1-5-18(20)21-22(19(2,3)4,16-12-8-6-9-13-16)17-14-10-7-11-15-17/h5-15H,1-4H3. The number of hydrogen-bond donors (Lipinski definition) is 0. The van der Waals surface area contributed by atoms with Gasteiger partial charge in [-0.1, -0.05) is 88.4 Å². The Morgan fingerprint density at radius 1 is 0.909 bits per heavy atom.